The van der Waals surface area contributed by atoms with Gasteiger partial charge in [0.1, 0.15) is 0 Å². The number of hydrogen-bond donors (Lipinski definition) is 0. The standard InChI is InChI=1S/C51H31N/c1-29-24-31(28-52)25-30(2)45(29)38-22-23-40-49-35(38)20-11-21-39(49)50-47(33-12-5-3-6-13-33)43-26-41-36-18-9-16-32-17-10-19-37(46(32)36)42(41)27-44(43)48(51(40)50)34-14-7-4-8-15-34/h3-27H,1-2H3. The first-order valence-corrected chi connectivity index (χ1v) is 18.0. The lowest BCUT2D eigenvalue weighted by Gasteiger charge is -2.17. The maximum absolute atomic E-state index is 9.71. The number of nitrogens with zero attached hydrogens (tertiary/aromatic N) is 1. The van der Waals surface area contributed by atoms with Crippen molar-refractivity contribution < 1.29 is 0 Å². The van der Waals surface area contributed by atoms with Gasteiger partial charge in [-0.15, -0.1) is 0 Å². The first-order valence-electron chi connectivity index (χ1n) is 18.0. The summed E-state index contributed by atoms with van der Waals surface area (Å²) in [6, 6.07) is 58.4. The third-order valence-corrected chi connectivity index (χ3v) is 11.6. The van der Waals surface area contributed by atoms with E-state index in [1.54, 1.807) is 0 Å². The highest BCUT2D eigenvalue weighted by atomic mass is 14.3. The molecule has 1 nitrogen and oxygen atoms in total. The third-order valence-electron chi connectivity index (χ3n) is 11.6. The van der Waals surface area contributed by atoms with Crippen molar-refractivity contribution in [1.82, 2.24) is 0 Å². The fourth-order valence-corrected chi connectivity index (χ4v) is 9.61. The van der Waals surface area contributed by atoms with E-state index in [-0.39, 0.29) is 0 Å². The second-order valence-electron chi connectivity index (χ2n) is 14.4. The van der Waals surface area contributed by atoms with Gasteiger partial charge in [-0.25, -0.2) is 0 Å². The minimum atomic E-state index is 0.703. The molecule has 0 heterocycles. The Balaban J connectivity index is 1.40. The summed E-state index contributed by atoms with van der Waals surface area (Å²) in [5.74, 6) is 0. The molecule has 0 spiro atoms. The van der Waals surface area contributed by atoms with E-state index in [4.69, 9.17) is 0 Å². The molecular formula is C51H31N. The second kappa shape index (κ2) is 10.6. The predicted molar refractivity (Wildman–Crippen MR) is 222 cm³/mol. The summed E-state index contributed by atoms with van der Waals surface area (Å²) in [6.07, 6.45) is 0. The molecule has 240 valence electrons. The number of fused-ring (bicyclic) bond motifs is 7. The molecule has 0 amide bonds. The highest BCUT2D eigenvalue weighted by molar-refractivity contribution is 6.42. The van der Waals surface area contributed by atoms with Crippen molar-refractivity contribution in [3.8, 4) is 39.4 Å². The minimum Gasteiger partial charge on any atom is -0.192 e. The predicted octanol–water partition coefficient (Wildman–Crippen LogP) is 14.1. The number of benzene rings is 9. The van der Waals surface area contributed by atoms with Gasteiger partial charge in [0.15, 0.2) is 0 Å². The summed E-state index contributed by atoms with van der Waals surface area (Å²) in [5, 5.41) is 27.8. The van der Waals surface area contributed by atoms with Crippen LogP contribution >= 0.6 is 0 Å². The first kappa shape index (κ1) is 29.0. The summed E-state index contributed by atoms with van der Waals surface area (Å²) >= 11 is 0. The Morgan fingerprint density at radius 1 is 0.365 bits per heavy atom. The Hall–Kier alpha value is -6.75. The van der Waals surface area contributed by atoms with Gasteiger partial charge in [0, 0.05) is 0 Å². The van der Waals surface area contributed by atoms with Crippen LogP contribution in [0.4, 0.5) is 0 Å². The van der Waals surface area contributed by atoms with E-state index >= 15 is 0 Å². The van der Waals surface area contributed by atoms with E-state index in [1.165, 1.54) is 109 Å². The van der Waals surface area contributed by atoms with Gasteiger partial charge in [0.2, 0.25) is 0 Å². The molecule has 52 heavy (non-hydrogen) atoms. The van der Waals surface area contributed by atoms with Crippen LogP contribution in [0.15, 0.2) is 152 Å². The Morgan fingerprint density at radius 3 is 1.42 bits per heavy atom. The van der Waals surface area contributed by atoms with Crippen LogP contribution in [0.1, 0.15) is 16.7 Å². The molecule has 11 rings (SSSR count). The molecule has 0 aliphatic rings. The van der Waals surface area contributed by atoms with E-state index < -0.39 is 0 Å². The molecule has 11 aromatic rings. The van der Waals surface area contributed by atoms with Crippen LogP contribution in [0.2, 0.25) is 0 Å². The van der Waals surface area contributed by atoms with Gasteiger partial charge in [-0.1, -0.05) is 127 Å². The summed E-state index contributed by atoms with van der Waals surface area (Å²) in [7, 11) is 0. The van der Waals surface area contributed by atoms with E-state index in [1.807, 2.05) is 12.1 Å². The molecule has 0 radical (unpaired) electrons. The van der Waals surface area contributed by atoms with Gasteiger partial charge in [-0.2, -0.15) is 5.26 Å². The van der Waals surface area contributed by atoms with Crippen LogP contribution in [-0.4, -0.2) is 0 Å². The fraction of sp³-hybridized carbons (Fsp3) is 0.0392. The quantitative estimate of drug-likeness (QED) is 0.185. The Labute approximate surface area is 301 Å². The lowest BCUT2D eigenvalue weighted by atomic mass is 9.85. The summed E-state index contributed by atoms with van der Waals surface area (Å²) in [4.78, 5) is 0. The molecule has 0 saturated heterocycles. The first-order chi connectivity index (χ1) is 25.6. The molecule has 11 aromatic carbocycles. The fourth-order valence-electron chi connectivity index (χ4n) is 9.61. The van der Waals surface area contributed by atoms with Gasteiger partial charge in [0.05, 0.1) is 11.6 Å². The van der Waals surface area contributed by atoms with Crippen molar-refractivity contribution in [2.24, 2.45) is 0 Å². The van der Waals surface area contributed by atoms with E-state index in [9.17, 15) is 5.26 Å². The van der Waals surface area contributed by atoms with Crippen LogP contribution in [0.25, 0.3) is 109 Å². The average molecular weight is 658 g/mol. The van der Waals surface area contributed by atoms with Gasteiger partial charge in [-0.3, -0.25) is 0 Å². The molecule has 0 N–H and O–H groups in total. The monoisotopic (exact) mass is 657 g/mol. The van der Waals surface area contributed by atoms with E-state index in [0.717, 1.165) is 11.1 Å². The van der Waals surface area contributed by atoms with Crippen LogP contribution < -0.4 is 0 Å². The zero-order chi connectivity index (χ0) is 34.7. The van der Waals surface area contributed by atoms with Crippen molar-refractivity contribution in [3.05, 3.63) is 168 Å². The van der Waals surface area contributed by atoms with Crippen LogP contribution in [0.5, 0.6) is 0 Å². The lowest BCUT2D eigenvalue weighted by Crippen LogP contribution is -1.92. The van der Waals surface area contributed by atoms with Crippen LogP contribution in [0.3, 0.4) is 0 Å². The maximum atomic E-state index is 9.71. The van der Waals surface area contributed by atoms with Gasteiger partial charge < -0.3 is 0 Å². The Bertz CT molecular complexity index is 3120. The SMILES string of the molecule is Cc1cc(C#N)cc(C)c1-c1ccc2c3c(-c4ccccc4)c4cc5c(cc4c(-c4ccccc4)c3c3cccc1c32)c1cccc2cccc5c21. The lowest BCUT2D eigenvalue weighted by molar-refractivity contribution is 1.36. The van der Waals surface area contributed by atoms with Crippen molar-refractivity contribution in [3.63, 3.8) is 0 Å². The molecule has 0 atom stereocenters. The van der Waals surface area contributed by atoms with E-state index in [2.05, 4.69) is 159 Å². The molecule has 0 aliphatic heterocycles. The highest BCUT2D eigenvalue weighted by Crippen LogP contribution is 2.54. The third kappa shape index (κ3) is 3.82. The summed E-state index contributed by atoms with van der Waals surface area (Å²) < 4.78 is 0. The number of aryl methyl sites for hydroxylation is 2. The minimum absolute atomic E-state index is 0.703. The molecule has 0 unspecified atom stereocenters. The van der Waals surface area contributed by atoms with Gasteiger partial charge in [0.25, 0.3) is 0 Å². The molecule has 1 heteroatoms. The van der Waals surface area contributed by atoms with Crippen molar-refractivity contribution in [2.45, 2.75) is 13.8 Å². The molecule has 0 aliphatic carbocycles. The number of nitriles is 1. The summed E-state index contributed by atoms with van der Waals surface area (Å²) in [6.45, 7) is 4.26. The van der Waals surface area contributed by atoms with Crippen LogP contribution in [0, 0.1) is 25.2 Å². The molecule has 0 saturated carbocycles. The zero-order valence-corrected chi connectivity index (χ0v) is 28.9. The number of rotatable bonds is 3. The highest BCUT2D eigenvalue weighted by Gasteiger charge is 2.26. The molecule has 0 aromatic heterocycles. The maximum Gasteiger partial charge on any atom is 0.0991 e. The average Bonchev–Trinajstić information content (AvgIpc) is 3.68. The second-order valence-corrected chi connectivity index (χ2v) is 14.4. The Kier molecular flexibility index (Phi) is 5.93. The summed E-state index contributed by atoms with van der Waals surface area (Å²) in [5.41, 5.74) is 10.4. The van der Waals surface area contributed by atoms with Crippen molar-refractivity contribution >= 4 is 75.4 Å². The Morgan fingerprint density at radius 2 is 0.865 bits per heavy atom. The number of hydrogen-bond acceptors (Lipinski definition) is 1. The van der Waals surface area contributed by atoms with Crippen molar-refractivity contribution in [2.75, 3.05) is 0 Å². The normalized spacial score (nSPS) is 12.0. The topological polar surface area (TPSA) is 23.8 Å². The van der Waals surface area contributed by atoms with Gasteiger partial charge in [-0.05, 0) is 158 Å². The largest absolute Gasteiger partial charge is 0.192 e. The molecule has 0 bridgehead atoms. The zero-order valence-electron chi connectivity index (χ0n) is 28.9. The molecular weight excluding hydrogens is 627 g/mol. The molecule has 0 fully saturated rings. The van der Waals surface area contributed by atoms with E-state index in [0.29, 0.717) is 5.56 Å². The van der Waals surface area contributed by atoms with Gasteiger partial charge >= 0.3 is 0 Å². The van der Waals surface area contributed by atoms with Crippen molar-refractivity contribution in [1.29, 1.82) is 5.26 Å². The van der Waals surface area contributed by atoms with Crippen LogP contribution in [-0.2, 0) is 0 Å². The smallest absolute Gasteiger partial charge is 0.0991 e.